The summed E-state index contributed by atoms with van der Waals surface area (Å²) in [6.45, 7) is 1.66. The van der Waals surface area contributed by atoms with Gasteiger partial charge < -0.3 is 0 Å². The molecule has 2 aromatic rings. The zero-order chi connectivity index (χ0) is 12.4. The van der Waals surface area contributed by atoms with Crippen LogP contribution in [0.5, 0.6) is 0 Å². The Kier molecular flexibility index (Phi) is 2.58. The molecule has 0 fully saturated rings. The van der Waals surface area contributed by atoms with E-state index in [-0.39, 0.29) is 11.5 Å². The lowest BCUT2D eigenvalue weighted by atomic mass is 10.1. The summed E-state index contributed by atoms with van der Waals surface area (Å²) in [4.78, 5) is 14.4. The number of nitro groups is 1. The number of benzene rings is 1. The van der Waals surface area contributed by atoms with Gasteiger partial charge in [0.2, 0.25) is 5.82 Å². The number of nitro benzene ring substituents is 1. The fourth-order valence-electron chi connectivity index (χ4n) is 1.66. The average molecular weight is 228 g/mol. The normalized spacial score (nSPS) is 9.88. The molecule has 17 heavy (non-hydrogen) atoms. The van der Waals surface area contributed by atoms with Crippen molar-refractivity contribution in [3.63, 3.8) is 0 Å². The lowest BCUT2D eigenvalue weighted by molar-refractivity contribution is -0.385. The number of nitrogens with zero attached hydrogens (tertiary/aromatic N) is 4. The van der Waals surface area contributed by atoms with E-state index in [0.717, 1.165) is 0 Å². The average Bonchev–Trinajstić information content (AvgIpc) is 2.75. The summed E-state index contributed by atoms with van der Waals surface area (Å²) in [5, 5.41) is 19.9. The molecule has 1 aromatic heterocycles. The molecule has 0 saturated carbocycles. The van der Waals surface area contributed by atoms with Gasteiger partial charge in [0.25, 0.3) is 5.69 Å². The zero-order valence-electron chi connectivity index (χ0n) is 8.99. The van der Waals surface area contributed by atoms with Crippen molar-refractivity contribution in [2.45, 2.75) is 6.92 Å². The maximum absolute atomic E-state index is 11.0. The van der Waals surface area contributed by atoms with Gasteiger partial charge in [0.15, 0.2) is 0 Å². The molecule has 1 heterocycles. The third kappa shape index (κ3) is 1.74. The van der Waals surface area contributed by atoms with E-state index in [1.165, 1.54) is 17.0 Å². The second kappa shape index (κ2) is 4.06. The van der Waals surface area contributed by atoms with Crippen molar-refractivity contribution in [1.82, 2.24) is 9.55 Å². The van der Waals surface area contributed by atoms with Crippen molar-refractivity contribution in [3.8, 4) is 11.8 Å². The molecule has 0 spiro atoms. The molecule has 0 saturated heterocycles. The van der Waals surface area contributed by atoms with Crippen molar-refractivity contribution in [3.05, 3.63) is 52.1 Å². The summed E-state index contributed by atoms with van der Waals surface area (Å²) in [7, 11) is 0. The van der Waals surface area contributed by atoms with E-state index in [9.17, 15) is 10.1 Å². The maximum Gasteiger partial charge on any atom is 0.296 e. The first-order valence-electron chi connectivity index (χ1n) is 4.83. The van der Waals surface area contributed by atoms with E-state index in [1.54, 1.807) is 25.1 Å². The molecule has 0 unspecified atom stereocenters. The van der Waals surface area contributed by atoms with Gasteiger partial charge in [-0.25, -0.2) is 4.98 Å². The number of imidazole rings is 1. The second-order valence-electron chi connectivity index (χ2n) is 3.43. The Morgan fingerprint density at radius 2 is 2.29 bits per heavy atom. The molecule has 1 aromatic carbocycles. The smallest absolute Gasteiger partial charge is 0.285 e. The van der Waals surface area contributed by atoms with Gasteiger partial charge in [-0.05, 0) is 13.0 Å². The molecule has 0 bridgehead atoms. The molecule has 6 heteroatoms. The van der Waals surface area contributed by atoms with E-state index < -0.39 is 4.92 Å². The van der Waals surface area contributed by atoms with Crippen LogP contribution in [0.4, 0.5) is 5.69 Å². The van der Waals surface area contributed by atoms with Crippen molar-refractivity contribution >= 4 is 5.69 Å². The highest BCUT2D eigenvalue weighted by atomic mass is 16.6. The van der Waals surface area contributed by atoms with Gasteiger partial charge in [0.05, 0.1) is 4.92 Å². The first-order chi connectivity index (χ1) is 8.15. The molecule has 0 N–H and O–H groups in total. The standard InChI is InChI=1S/C11H8N4O2/c1-8-3-2-4-9(11(8)15(16)17)14-6-5-13-10(14)7-12/h2-6H,1H3. The van der Waals surface area contributed by atoms with Gasteiger partial charge in [0, 0.05) is 18.0 Å². The molecule has 84 valence electrons. The minimum absolute atomic E-state index is 0.0120. The monoisotopic (exact) mass is 228 g/mol. The van der Waals surface area contributed by atoms with E-state index >= 15 is 0 Å². The zero-order valence-corrected chi connectivity index (χ0v) is 8.99. The SMILES string of the molecule is Cc1cccc(-n2ccnc2C#N)c1[N+](=O)[O-]. The number of hydrogen-bond donors (Lipinski definition) is 0. The lowest BCUT2D eigenvalue weighted by Crippen LogP contribution is -2.03. The topological polar surface area (TPSA) is 84.8 Å². The van der Waals surface area contributed by atoms with Crippen molar-refractivity contribution in [2.75, 3.05) is 0 Å². The van der Waals surface area contributed by atoms with Gasteiger partial charge in [-0.1, -0.05) is 12.1 Å². The van der Waals surface area contributed by atoms with Crippen LogP contribution in [0.2, 0.25) is 0 Å². The minimum atomic E-state index is -0.453. The number of hydrogen-bond acceptors (Lipinski definition) is 4. The van der Waals surface area contributed by atoms with Gasteiger partial charge in [0.1, 0.15) is 11.8 Å². The Hall–Kier alpha value is -2.68. The summed E-state index contributed by atoms with van der Waals surface area (Å²) in [6, 6.07) is 6.84. The van der Waals surface area contributed by atoms with Crippen LogP contribution >= 0.6 is 0 Å². The van der Waals surface area contributed by atoms with Crippen LogP contribution in [-0.2, 0) is 0 Å². The van der Waals surface area contributed by atoms with E-state index in [1.807, 2.05) is 6.07 Å². The molecule has 2 rings (SSSR count). The van der Waals surface area contributed by atoms with Crippen LogP contribution in [-0.4, -0.2) is 14.5 Å². The van der Waals surface area contributed by atoms with Crippen molar-refractivity contribution in [1.29, 1.82) is 5.26 Å². The Morgan fingerprint density at radius 3 is 2.94 bits per heavy atom. The first-order valence-corrected chi connectivity index (χ1v) is 4.83. The van der Waals surface area contributed by atoms with E-state index in [0.29, 0.717) is 11.3 Å². The Labute approximate surface area is 96.9 Å². The van der Waals surface area contributed by atoms with Crippen LogP contribution in [0.3, 0.4) is 0 Å². The van der Waals surface area contributed by atoms with Gasteiger partial charge in [-0.15, -0.1) is 0 Å². The number of nitriles is 1. The predicted molar refractivity (Wildman–Crippen MR) is 59.7 cm³/mol. The third-order valence-electron chi connectivity index (χ3n) is 2.40. The molecule has 0 radical (unpaired) electrons. The van der Waals surface area contributed by atoms with Crippen molar-refractivity contribution < 1.29 is 4.92 Å². The summed E-state index contributed by atoms with van der Waals surface area (Å²) in [5.74, 6) is 0.124. The minimum Gasteiger partial charge on any atom is -0.285 e. The fraction of sp³-hybridized carbons (Fsp3) is 0.0909. The Morgan fingerprint density at radius 1 is 1.53 bits per heavy atom. The number of para-hydroxylation sites is 1. The molecule has 0 aliphatic heterocycles. The van der Waals surface area contributed by atoms with Crippen LogP contribution in [0.25, 0.3) is 5.69 Å². The third-order valence-corrected chi connectivity index (χ3v) is 2.40. The molecular formula is C11H8N4O2. The highest BCUT2D eigenvalue weighted by molar-refractivity contribution is 5.58. The number of aromatic nitrogens is 2. The van der Waals surface area contributed by atoms with Crippen LogP contribution in [0, 0.1) is 28.4 Å². The van der Waals surface area contributed by atoms with Crippen LogP contribution < -0.4 is 0 Å². The summed E-state index contributed by atoms with van der Waals surface area (Å²) in [5.41, 5.74) is 0.885. The van der Waals surface area contributed by atoms with Gasteiger partial charge in [-0.3, -0.25) is 14.7 Å². The summed E-state index contributed by atoms with van der Waals surface area (Å²) < 4.78 is 1.41. The summed E-state index contributed by atoms with van der Waals surface area (Å²) in [6.07, 6.45) is 2.96. The van der Waals surface area contributed by atoms with E-state index in [4.69, 9.17) is 5.26 Å². The highest BCUT2D eigenvalue weighted by Crippen LogP contribution is 2.27. The molecular weight excluding hydrogens is 220 g/mol. The van der Waals surface area contributed by atoms with Crippen LogP contribution in [0.15, 0.2) is 30.6 Å². The quantitative estimate of drug-likeness (QED) is 0.580. The Bertz CT molecular complexity index is 625. The lowest BCUT2D eigenvalue weighted by Gasteiger charge is -2.06. The second-order valence-corrected chi connectivity index (χ2v) is 3.43. The number of rotatable bonds is 2. The summed E-state index contributed by atoms with van der Waals surface area (Å²) >= 11 is 0. The molecule has 0 amide bonds. The van der Waals surface area contributed by atoms with Gasteiger partial charge >= 0.3 is 0 Å². The fourth-order valence-corrected chi connectivity index (χ4v) is 1.66. The Balaban J connectivity index is 2.73. The largest absolute Gasteiger partial charge is 0.296 e. The van der Waals surface area contributed by atoms with Crippen LogP contribution in [0.1, 0.15) is 11.4 Å². The predicted octanol–water partition coefficient (Wildman–Crippen LogP) is 1.96. The molecule has 6 nitrogen and oxygen atoms in total. The molecule has 0 atom stereocenters. The molecule has 0 aliphatic carbocycles. The van der Waals surface area contributed by atoms with Gasteiger partial charge in [-0.2, -0.15) is 5.26 Å². The van der Waals surface area contributed by atoms with E-state index in [2.05, 4.69) is 4.98 Å². The maximum atomic E-state index is 11.0. The highest BCUT2D eigenvalue weighted by Gasteiger charge is 2.19. The first kappa shape index (κ1) is 10.8. The molecule has 0 aliphatic rings. The van der Waals surface area contributed by atoms with Crippen molar-refractivity contribution in [2.24, 2.45) is 0 Å². The number of aryl methyl sites for hydroxylation is 1.